The average molecular weight is 380 g/mol. The summed E-state index contributed by atoms with van der Waals surface area (Å²) in [6.07, 6.45) is 0. The minimum atomic E-state index is -0.560. The van der Waals surface area contributed by atoms with E-state index >= 15 is 0 Å². The molecule has 3 aromatic rings. The molecule has 0 aliphatic rings. The van der Waals surface area contributed by atoms with Crippen LogP contribution in [0.4, 0.5) is 10.5 Å². The Morgan fingerprint density at radius 2 is 1.71 bits per heavy atom. The smallest absolute Gasteiger partial charge is 0.307 e. The van der Waals surface area contributed by atoms with Gasteiger partial charge in [-0.05, 0) is 24.3 Å². The number of halogens is 2. The summed E-state index contributed by atoms with van der Waals surface area (Å²) < 4.78 is 0.798. The van der Waals surface area contributed by atoms with E-state index in [2.05, 4.69) is 16.2 Å². The molecule has 3 amide bonds. The van der Waals surface area contributed by atoms with Crippen LogP contribution in [0.15, 0.2) is 48.5 Å². The number of carbonyl (C=O) groups is 2. The van der Waals surface area contributed by atoms with E-state index in [4.69, 9.17) is 23.2 Å². The fraction of sp³-hybridized carbons (Fsp3) is 0. The number of amides is 3. The number of hydrazine groups is 1. The van der Waals surface area contributed by atoms with Crippen molar-refractivity contribution in [2.24, 2.45) is 0 Å². The zero-order chi connectivity index (χ0) is 17.1. The van der Waals surface area contributed by atoms with Crippen LogP contribution in [-0.4, -0.2) is 11.9 Å². The van der Waals surface area contributed by atoms with Crippen LogP contribution in [0.25, 0.3) is 10.1 Å². The summed E-state index contributed by atoms with van der Waals surface area (Å²) in [6.45, 7) is 0. The first-order chi connectivity index (χ1) is 11.5. The molecule has 122 valence electrons. The maximum atomic E-state index is 12.2. The standard InChI is InChI=1S/C16H11Cl2N3O2S/c17-9-6-7-11-12(8-9)24-14(13(11)18)15(22)20-21-16(23)19-10-4-2-1-3-5-10/h1-8H,(H,20,22)(H2,19,21,23). The number of urea groups is 1. The van der Waals surface area contributed by atoms with E-state index in [-0.39, 0.29) is 0 Å². The van der Waals surface area contributed by atoms with Gasteiger partial charge in [0, 0.05) is 20.8 Å². The molecule has 8 heteroatoms. The van der Waals surface area contributed by atoms with E-state index in [1.165, 1.54) is 11.3 Å². The van der Waals surface area contributed by atoms with E-state index in [9.17, 15) is 9.59 Å². The number of rotatable bonds is 2. The van der Waals surface area contributed by atoms with Crippen molar-refractivity contribution < 1.29 is 9.59 Å². The molecule has 2 aromatic carbocycles. The second-order valence-corrected chi connectivity index (χ2v) is 6.65. The molecule has 0 atom stereocenters. The molecular formula is C16H11Cl2N3O2S. The van der Waals surface area contributed by atoms with Crippen molar-refractivity contribution in [1.82, 2.24) is 10.9 Å². The molecule has 5 nitrogen and oxygen atoms in total. The van der Waals surface area contributed by atoms with Crippen molar-refractivity contribution in [3.8, 4) is 0 Å². The quantitative estimate of drug-likeness (QED) is 0.566. The van der Waals surface area contributed by atoms with E-state index in [0.717, 1.165) is 10.1 Å². The maximum Gasteiger partial charge on any atom is 0.337 e. The van der Waals surface area contributed by atoms with Gasteiger partial charge in [0.25, 0.3) is 5.91 Å². The van der Waals surface area contributed by atoms with E-state index in [0.29, 0.717) is 20.6 Å². The van der Waals surface area contributed by atoms with Gasteiger partial charge in [-0.25, -0.2) is 10.2 Å². The number of nitrogens with one attached hydrogen (secondary N) is 3. The number of thiophene rings is 1. The molecule has 0 bridgehead atoms. The Kier molecular flexibility index (Phi) is 4.89. The molecule has 0 fully saturated rings. The molecule has 1 heterocycles. The highest BCUT2D eigenvalue weighted by Crippen LogP contribution is 2.36. The monoisotopic (exact) mass is 379 g/mol. The molecule has 0 spiro atoms. The largest absolute Gasteiger partial charge is 0.337 e. The Labute approximate surface area is 151 Å². The third-order valence-corrected chi connectivity index (χ3v) is 5.01. The molecule has 0 saturated heterocycles. The highest BCUT2D eigenvalue weighted by molar-refractivity contribution is 7.21. The number of hydrogen-bond acceptors (Lipinski definition) is 3. The number of anilines is 1. The lowest BCUT2D eigenvalue weighted by Crippen LogP contribution is -2.43. The maximum absolute atomic E-state index is 12.2. The molecule has 0 aliphatic carbocycles. The van der Waals surface area contributed by atoms with E-state index in [1.807, 2.05) is 6.07 Å². The van der Waals surface area contributed by atoms with Gasteiger partial charge in [0.1, 0.15) is 4.88 Å². The van der Waals surface area contributed by atoms with Crippen LogP contribution in [0.1, 0.15) is 9.67 Å². The fourth-order valence-electron chi connectivity index (χ4n) is 2.04. The van der Waals surface area contributed by atoms with Crippen LogP contribution in [0.2, 0.25) is 10.0 Å². The van der Waals surface area contributed by atoms with Gasteiger partial charge in [-0.3, -0.25) is 10.2 Å². The van der Waals surface area contributed by atoms with Crippen molar-refractivity contribution >= 4 is 62.3 Å². The molecule has 3 N–H and O–H groups in total. The zero-order valence-electron chi connectivity index (χ0n) is 12.1. The van der Waals surface area contributed by atoms with Crippen molar-refractivity contribution in [2.75, 3.05) is 5.32 Å². The molecule has 3 rings (SSSR count). The van der Waals surface area contributed by atoms with E-state index < -0.39 is 11.9 Å². The lowest BCUT2D eigenvalue weighted by atomic mass is 10.2. The first-order valence-electron chi connectivity index (χ1n) is 6.84. The molecule has 1 aromatic heterocycles. The summed E-state index contributed by atoms with van der Waals surface area (Å²) in [7, 11) is 0. The second-order valence-electron chi connectivity index (χ2n) is 4.78. The van der Waals surface area contributed by atoms with Crippen LogP contribution in [0, 0.1) is 0 Å². The van der Waals surface area contributed by atoms with E-state index in [1.54, 1.807) is 42.5 Å². The Balaban J connectivity index is 1.67. The predicted octanol–water partition coefficient (Wildman–Crippen LogP) is 4.67. The summed E-state index contributed by atoms with van der Waals surface area (Å²) in [4.78, 5) is 24.3. The zero-order valence-corrected chi connectivity index (χ0v) is 14.4. The van der Waals surface area contributed by atoms with Crippen molar-refractivity contribution in [3.63, 3.8) is 0 Å². The third-order valence-electron chi connectivity index (χ3n) is 3.12. The number of hydrogen-bond donors (Lipinski definition) is 3. The number of fused-ring (bicyclic) bond motifs is 1. The first kappa shape index (κ1) is 16.6. The van der Waals surface area contributed by atoms with Gasteiger partial charge >= 0.3 is 6.03 Å². The molecule has 24 heavy (non-hydrogen) atoms. The molecule has 0 radical (unpaired) electrons. The minimum Gasteiger partial charge on any atom is -0.307 e. The summed E-state index contributed by atoms with van der Waals surface area (Å²) in [6, 6.07) is 13.5. The SMILES string of the molecule is O=C(NNC(=O)c1sc2cc(Cl)ccc2c1Cl)Nc1ccccc1. The summed E-state index contributed by atoms with van der Waals surface area (Å²) in [5, 5.41) is 4.22. The van der Waals surface area contributed by atoms with Gasteiger partial charge < -0.3 is 5.32 Å². The fourth-order valence-corrected chi connectivity index (χ4v) is 3.73. The number of para-hydroxylation sites is 1. The van der Waals surface area contributed by atoms with Gasteiger partial charge in [-0.2, -0.15) is 0 Å². The van der Waals surface area contributed by atoms with Crippen molar-refractivity contribution in [1.29, 1.82) is 0 Å². The Hall–Kier alpha value is -2.28. The van der Waals surface area contributed by atoms with Crippen molar-refractivity contribution in [3.05, 3.63) is 63.5 Å². The topological polar surface area (TPSA) is 70.2 Å². The third kappa shape index (κ3) is 3.62. The highest BCUT2D eigenvalue weighted by atomic mass is 35.5. The predicted molar refractivity (Wildman–Crippen MR) is 97.9 cm³/mol. The van der Waals surface area contributed by atoms with Crippen LogP contribution in [0.3, 0.4) is 0 Å². The first-order valence-corrected chi connectivity index (χ1v) is 8.42. The number of benzene rings is 2. The summed E-state index contributed by atoms with van der Waals surface area (Å²) in [5.74, 6) is -0.500. The molecule has 0 unspecified atom stereocenters. The normalized spacial score (nSPS) is 10.4. The lowest BCUT2D eigenvalue weighted by molar-refractivity contribution is 0.0942. The van der Waals surface area contributed by atoms with Gasteiger partial charge in [-0.15, -0.1) is 11.3 Å². The van der Waals surface area contributed by atoms with Gasteiger partial charge in [0.2, 0.25) is 0 Å². The van der Waals surface area contributed by atoms with Crippen LogP contribution < -0.4 is 16.2 Å². The Morgan fingerprint density at radius 1 is 0.958 bits per heavy atom. The van der Waals surface area contributed by atoms with Crippen LogP contribution >= 0.6 is 34.5 Å². The van der Waals surface area contributed by atoms with Gasteiger partial charge in [0.05, 0.1) is 5.02 Å². The van der Waals surface area contributed by atoms with Crippen LogP contribution in [-0.2, 0) is 0 Å². The molecular weight excluding hydrogens is 369 g/mol. The minimum absolute atomic E-state index is 0.300. The average Bonchev–Trinajstić information content (AvgIpc) is 2.90. The van der Waals surface area contributed by atoms with Gasteiger partial charge in [-0.1, -0.05) is 47.5 Å². The summed E-state index contributed by atoms with van der Waals surface area (Å²) >= 11 is 13.4. The summed E-state index contributed by atoms with van der Waals surface area (Å²) in [5.41, 5.74) is 5.22. The molecule has 0 saturated carbocycles. The lowest BCUT2D eigenvalue weighted by Gasteiger charge is -2.08. The number of carbonyl (C=O) groups excluding carboxylic acids is 2. The van der Waals surface area contributed by atoms with Crippen molar-refractivity contribution in [2.45, 2.75) is 0 Å². The molecule has 0 aliphatic heterocycles. The van der Waals surface area contributed by atoms with Gasteiger partial charge in [0.15, 0.2) is 0 Å². The Morgan fingerprint density at radius 3 is 2.46 bits per heavy atom. The highest BCUT2D eigenvalue weighted by Gasteiger charge is 2.17. The van der Waals surface area contributed by atoms with Crippen LogP contribution in [0.5, 0.6) is 0 Å². The Bertz CT molecular complexity index is 912. The second kappa shape index (κ2) is 7.09.